The number of carbonyl (C=O) groups is 3. The summed E-state index contributed by atoms with van der Waals surface area (Å²) in [6.45, 7) is 6.18. The van der Waals surface area contributed by atoms with Crippen LogP contribution in [0.5, 0.6) is 17.2 Å². The molecule has 1 N–H and O–H groups in total. The monoisotopic (exact) mass is 526 g/mol. The summed E-state index contributed by atoms with van der Waals surface area (Å²) in [5, 5.41) is 9.20. The minimum absolute atomic E-state index is 0.0700. The van der Waals surface area contributed by atoms with Crippen LogP contribution in [0.3, 0.4) is 0 Å². The molecule has 1 heterocycles. The topological polar surface area (TPSA) is 108 Å². The van der Waals surface area contributed by atoms with Gasteiger partial charge >= 0.3 is 5.97 Å². The van der Waals surface area contributed by atoms with Gasteiger partial charge < -0.3 is 24.1 Å². The summed E-state index contributed by atoms with van der Waals surface area (Å²) in [6.07, 6.45) is 2.22. The van der Waals surface area contributed by atoms with E-state index in [2.05, 4.69) is 6.92 Å². The van der Waals surface area contributed by atoms with Gasteiger partial charge in [-0.3, -0.25) is 14.4 Å². The molecule has 1 aliphatic rings. The van der Waals surface area contributed by atoms with E-state index in [0.29, 0.717) is 47.8 Å². The summed E-state index contributed by atoms with van der Waals surface area (Å²) >= 11 is 0. The molecule has 0 aromatic heterocycles. The number of carboxylic acid groups (broad SMARTS) is 1. The van der Waals surface area contributed by atoms with Crippen molar-refractivity contribution in [3.8, 4) is 17.2 Å². The number of para-hydroxylation sites is 1. The Balaban J connectivity index is 1.68. The van der Waals surface area contributed by atoms with Crippen LogP contribution in [0.25, 0.3) is 0 Å². The van der Waals surface area contributed by atoms with Gasteiger partial charge in [0.1, 0.15) is 23.4 Å². The van der Waals surface area contributed by atoms with Gasteiger partial charge in [-0.1, -0.05) is 38.8 Å². The Labute approximate surface area is 224 Å². The fourth-order valence-electron chi connectivity index (χ4n) is 4.77. The fourth-order valence-corrected chi connectivity index (χ4v) is 4.77. The van der Waals surface area contributed by atoms with Gasteiger partial charge in [0.2, 0.25) is 0 Å². The third-order valence-electron chi connectivity index (χ3n) is 6.53. The van der Waals surface area contributed by atoms with Gasteiger partial charge in [0.25, 0.3) is 0 Å². The van der Waals surface area contributed by atoms with E-state index in [0.717, 1.165) is 30.4 Å². The van der Waals surface area contributed by atoms with E-state index in [-0.39, 0.29) is 31.0 Å². The van der Waals surface area contributed by atoms with Gasteiger partial charge in [-0.05, 0) is 49.9 Å². The average molecular weight is 527 g/mol. The van der Waals surface area contributed by atoms with Crippen LogP contribution in [0.15, 0.2) is 30.3 Å². The molecule has 2 atom stereocenters. The van der Waals surface area contributed by atoms with E-state index < -0.39 is 18.2 Å². The van der Waals surface area contributed by atoms with Gasteiger partial charge in [0.05, 0.1) is 31.5 Å². The second-order valence-corrected chi connectivity index (χ2v) is 9.42. The van der Waals surface area contributed by atoms with Gasteiger partial charge in [0.15, 0.2) is 17.7 Å². The van der Waals surface area contributed by atoms with Crippen LogP contribution in [-0.2, 0) is 22.4 Å². The lowest BCUT2D eigenvalue weighted by Gasteiger charge is -2.33. The van der Waals surface area contributed by atoms with Crippen molar-refractivity contribution in [3.05, 3.63) is 52.6 Å². The zero-order valence-electron chi connectivity index (χ0n) is 22.7. The lowest BCUT2D eigenvalue weighted by molar-refractivity contribution is -0.138. The highest BCUT2D eigenvalue weighted by Gasteiger charge is 2.39. The number of ether oxygens (including phenoxy) is 4. The number of methoxy groups -OCH3 is 1. The van der Waals surface area contributed by atoms with Crippen molar-refractivity contribution in [3.63, 3.8) is 0 Å². The molecule has 2 aromatic carbocycles. The second-order valence-electron chi connectivity index (χ2n) is 9.42. The van der Waals surface area contributed by atoms with Crippen molar-refractivity contribution in [2.75, 3.05) is 20.3 Å². The van der Waals surface area contributed by atoms with Crippen LogP contribution in [-0.4, -0.2) is 55.2 Å². The van der Waals surface area contributed by atoms with E-state index in [1.807, 2.05) is 19.1 Å². The molecular formula is C30H38O8. The number of fused-ring (bicyclic) bond motifs is 1. The highest BCUT2D eigenvalue weighted by atomic mass is 16.5. The van der Waals surface area contributed by atoms with E-state index >= 15 is 0 Å². The van der Waals surface area contributed by atoms with Crippen molar-refractivity contribution < 1.29 is 38.4 Å². The maximum atomic E-state index is 13.4. The zero-order chi connectivity index (χ0) is 27.7. The SMILES string of the molecule is CCCc1cccc2c1OC(CCC(=O)O)C(OCCCOc1ccc(C(C)=O)c(OC)c1CCC)C2=O. The summed E-state index contributed by atoms with van der Waals surface area (Å²) in [4.78, 5) is 36.6. The number of hydrogen-bond acceptors (Lipinski definition) is 7. The van der Waals surface area contributed by atoms with Gasteiger partial charge in [-0.2, -0.15) is 0 Å². The van der Waals surface area contributed by atoms with E-state index in [1.165, 1.54) is 6.92 Å². The summed E-state index contributed by atoms with van der Waals surface area (Å²) in [6, 6.07) is 9.01. The van der Waals surface area contributed by atoms with E-state index in [9.17, 15) is 19.5 Å². The Morgan fingerprint density at radius 1 is 1.05 bits per heavy atom. The Morgan fingerprint density at radius 2 is 1.82 bits per heavy atom. The van der Waals surface area contributed by atoms with Gasteiger partial charge in [0, 0.05) is 18.4 Å². The first kappa shape index (κ1) is 29.2. The number of aryl methyl sites for hydroxylation is 1. The summed E-state index contributed by atoms with van der Waals surface area (Å²) in [5.74, 6) is 0.539. The third kappa shape index (κ3) is 6.92. The number of hydrogen-bond donors (Lipinski definition) is 1. The third-order valence-corrected chi connectivity index (χ3v) is 6.53. The maximum absolute atomic E-state index is 13.4. The normalized spacial score (nSPS) is 16.5. The van der Waals surface area contributed by atoms with Crippen molar-refractivity contribution in [2.45, 2.75) is 77.9 Å². The smallest absolute Gasteiger partial charge is 0.303 e. The average Bonchev–Trinajstić information content (AvgIpc) is 2.89. The lowest BCUT2D eigenvalue weighted by Crippen LogP contribution is -2.45. The number of rotatable bonds is 15. The lowest BCUT2D eigenvalue weighted by atomic mass is 9.92. The molecule has 8 nitrogen and oxygen atoms in total. The molecule has 0 radical (unpaired) electrons. The first-order valence-corrected chi connectivity index (χ1v) is 13.3. The molecule has 2 unspecified atom stereocenters. The highest BCUT2D eigenvalue weighted by molar-refractivity contribution is 6.03. The molecule has 3 rings (SSSR count). The van der Waals surface area contributed by atoms with Crippen molar-refractivity contribution in [1.29, 1.82) is 0 Å². The molecule has 0 aliphatic carbocycles. The molecule has 0 amide bonds. The molecule has 0 saturated carbocycles. The standard InChI is InChI=1S/C30H38O8/c1-5-9-20-11-7-12-23-27(34)30(25(38-28(20)23)15-16-26(32)33)37-18-8-17-36-24-14-13-21(19(3)31)29(35-4)22(24)10-6-2/h7,11-14,25,30H,5-6,8-10,15-18H2,1-4H3,(H,32,33). The summed E-state index contributed by atoms with van der Waals surface area (Å²) in [7, 11) is 1.55. The van der Waals surface area contributed by atoms with Crippen LogP contribution >= 0.6 is 0 Å². The summed E-state index contributed by atoms with van der Waals surface area (Å²) < 4.78 is 23.7. The van der Waals surface area contributed by atoms with Gasteiger partial charge in [-0.15, -0.1) is 0 Å². The Hall–Kier alpha value is -3.39. The number of benzene rings is 2. The molecule has 0 fully saturated rings. The summed E-state index contributed by atoms with van der Waals surface area (Å²) in [5.41, 5.74) is 2.80. The molecule has 8 heteroatoms. The second kappa shape index (κ2) is 14.0. The minimum Gasteiger partial charge on any atom is -0.496 e. The van der Waals surface area contributed by atoms with Crippen LogP contribution in [0.1, 0.15) is 84.7 Å². The molecule has 0 bridgehead atoms. The minimum atomic E-state index is -0.949. The first-order chi connectivity index (χ1) is 18.3. The molecule has 1 aliphatic heterocycles. The number of Topliss-reactive ketones (excluding diaryl/α,β-unsaturated/α-hetero) is 2. The largest absolute Gasteiger partial charge is 0.496 e. The molecule has 0 saturated heterocycles. The van der Waals surface area contributed by atoms with E-state index in [1.54, 1.807) is 25.3 Å². The predicted molar refractivity (Wildman–Crippen MR) is 143 cm³/mol. The molecule has 38 heavy (non-hydrogen) atoms. The van der Waals surface area contributed by atoms with Crippen LogP contribution in [0.2, 0.25) is 0 Å². The van der Waals surface area contributed by atoms with Crippen molar-refractivity contribution in [1.82, 2.24) is 0 Å². The maximum Gasteiger partial charge on any atom is 0.303 e. The first-order valence-electron chi connectivity index (χ1n) is 13.3. The number of aliphatic carboxylic acids is 1. The van der Waals surface area contributed by atoms with E-state index in [4.69, 9.17) is 18.9 Å². The highest BCUT2D eigenvalue weighted by Crippen LogP contribution is 2.36. The van der Waals surface area contributed by atoms with Crippen LogP contribution < -0.4 is 14.2 Å². The van der Waals surface area contributed by atoms with Gasteiger partial charge in [-0.25, -0.2) is 0 Å². The predicted octanol–water partition coefficient (Wildman–Crippen LogP) is 5.47. The zero-order valence-corrected chi connectivity index (χ0v) is 22.7. The molecule has 206 valence electrons. The van der Waals surface area contributed by atoms with Crippen LogP contribution in [0, 0.1) is 0 Å². The Bertz CT molecular complexity index is 1140. The number of carboxylic acids is 1. The van der Waals surface area contributed by atoms with Crippen LogP contribution in [0.4, 0.5) is 0 Å². The molecule has 0 spiro atoms. The molecular weight excluding hydrogens is 488 g/mol. The Kier molecular flexibility index (Phi) is 10.7. The number of ketones is 2. The fraction of sp³-hybridized carbons (Fsp3) is 0.500. The van der Waals surface area contributed by atoms with Crippen molar-refractivity contribution >= 4 is 17.5 Å². The number of carbonyl (C=O) groups excluding carboxylic acids is 2. The molecule has 2 aromatic rings. The quantitative estimate of drug-likeness (QED) is 0.241. The van der Waals surface area contributed by atoms with Crippen molar-refractivity contribution in [2.24, 2.45) is 0 Å². The Morgan fingerprint density at radius 3 is 2.47 bits per heavy atom.